The summed E-state index contributed by atoms with van der Waals surface area (Å²) in [5, 5.41) is 3.58. The summed E-state index contributed by atoms with van der Waals surface area (Å²) in [6, 6.07) is 0. The Balaban J connectivity index is 2.02. The lowest BCUT2D eigenvalue weighted by molar-refractivity contribution is 0.888. The van der Waals surface area contributed by atoms with Crippen molar-refractivity contribution in [2.24, 2.45) is 0 Å². The molecule has 1 heterocycles. The molecule has 0 amide bonds. The third-order valence-electron chi connectivity index (χ3n) is 2.20. The molecule has 0 saturated carbocycles. The minimum Gasteiger partial charge on any atom is -0.246 e. The summed E-state index contributed by atoms with van der Waals surface area (Å²) >= 11 is 7.73. The molecule has 0 fully saturated rings. The molecular weight excluding hydrogens is 202 g/mol. The van der Waals surface area contributed by atoms with Crippen LogP contribution in [0.25, 0.3) is 0 Å². The van der Waals surface area contributed by atoms with E-state index in [1.54, 1.807) is 11.3 Å². The summed E-state index contributed by atoms with van der Waals surface area (Å²) in [5.74, 6) is 0. The van der Waals surface area contributed by atoms with E-state index in [2.05, 4.69) is 16.4 Å². The summed E-state index contributed by atoms with van der Waals surface area (Å²) in [6.45, 7) is 2.04. The molecule has 0 bridgehead atoms. The first-order valence-corrected chi connectivity index (χ1v) is 5.80. The molecule has 13 heavy (non-hydrogen) atoms. The van der Waals surface area contributed by atoms with Crippen LogP contribution in [0.15, 0.2) is 17.0 Å². The third-order valence-corrected chi connectivity index (χ3v) is 3.51. The van der Waals surface area contributed by atoms with Crippen LogP contribution in [0.1, 0.15) is 23.5 Å². The molecule has 1 aliphatic carbocycles. The number of hydrogen-bond donors (Lipinski definition) is 0. The SMILES string of the molecule is Cc1csc(CC2=CC(Cl)CC2)n1. The summed E-state index contributed by atoms with van der Waals surface area (Å²) in [5.41, 5.74) is 2.58. The Kier molecular flexibility index (Phi) is 2.70. The van der Waals surface area contributed by atoms with E-state index in [9.17, 15) is 0 Å². The first kappa shape index (κ1) is 9.22. The molecule has 3 heteroatoms. The topological polar surface area (TPSA) is 12.9 Å². The van der Waals surface area contributed by atoms with Gasteiger partial charge in [-0.3, -0.25) is 0 Å². The molecule has 0 N–H and O–H groups in total. The Morgan fingerprint density at radius 1 is 1.69 bits per heavy atom. The van der Waals surface area contributed by atoms with Gasteiger partial charge in [0.05, 0.1) is 10.4 Å². The second kappa shape index (κ2) is 3.81. The van der Waals surface area contributed by atoms with Gasteiger partial charge >= 0.3 is 0 Å². The van der Waals surface area contributed by atoms with Gasteiger partial charge in [0.15, 0.2) is 0 Å². The number of allylic oxidation sites excluding steroid dienone is 2. The minimum absolute atomic E-state index is 0.260. The Hall–Kier alpha value is -0.340. The number of aryl methyl sites for hydroxylation is 1. The Labute approximate surface area is 87.5 Å². The number of nitrogens with zero attached hydrogens (tertiary/aromatic N) is 1. The van der Waals surface area contributed by atoms with E-state index < -0.39 is 0 Å². The van der Waals surface area contributed by atoms with E-state index in [4.69, 9.17) is 11.6 Å². The molecule has 0 spiro atoms. The first-order valence-electron chi connectivity index (χ1n) is 4.48. The largest absolute Gasteiger partial charge is 0.246 e. The van der Waals surface area contributed by atoms with Crippen LogP contribution >= 0.6 is 22.9 Å². The highest BCUT2D eigenvalue weighted by molar-refractivity contribution is 7.09. The van der Waals surface area contributed by atoms with Crippen LogP contribution in [0.5, 0.6) is 0 Å². The van der Waals surface area contributed by atoms with Crippen molar-refractivity contribution in [2.45, 2.75) is 31.6 Å². The first-order chi connectivity index (χ1) is 6.24. The lowest BCUT2D eigenvalue weighted by Gasteiger charge is -1.95. The second-order valence-electron chi connectivity index (χ2n) is 3.44. The van der Waals surface area contributed by atoms with Gasteiger partial charge in [-0.1, -0.05) is 11.6 Å². The molecule has 0 aliphatic heterocycles. The lowest BCUT2D eigenvalue weighted by atomic mass is 10.2. The quantitative estimate of drug-likeness (QED) is 0.543. The van der Waals surface area contributed by atoms with Gasteiger partial charge in [0.2, 0.25) is 0 Å². The highest BCUT2D eigenvalue weighted by atomic mass is 35.5. The van der Waals surface area contributed by atoms with Crippen molar-refractivity contribution in [3.63, 3.8) is 0 Å². The zero-order valence-electron chi connectivity index (χ0n) is 7.59. The zero-order valence-corrected chi connectivity index (χ0v) is 9.16. The molecule has 1 aromatic rings. The number of aromatic nitrogens is 1. The van der Waals surface area contributed by atoms with Crippen LogP contribution in [0.2, 0.25) is 0 Å². The van der Waals surface area contributed by atoms with E-state index in [0.29, 0.717) is 0 Å². The fourth-order valence-electron chi connectivity index (χ4n) is 1.57. The van der Waals surface area contributed by atoms with Crippen molar-refractivity contribution in [3.05, 3.63) is 27.7 Å². The van der Waals surface area contributed by atoms with E-state index in [0.717, 1.165) is 25.0 Å². The Morgan fingerprint density at radius 3 is 3.08 bits per heavy atom. The molecule has 1 nitrogen and oxygen atoms in total. The molecule has 70 valence electrons. The summed E-state index contributed by atoms with van der Waals surface area (Å²) in [6.07, 6.45) is 5.42. The van der Waals surface area contributed by atoms with Crippen molar-refractivity contribution in [2.75, 3.05) is 0 Å². The van der Waals surface area contributed by atoms with Gasteiger partial charge < -0.3 is 0 Å². The Bertz CT molecular complexity index is 329. The van der Waals surface area contributed by atoms with Crippen molar-refractivity contribution in [1.82, 2.24) is 4.98 Å². The predicted octanol–water partition coefficient (Wildman–Crippen LogP) is 3.32. The Morgan fingerprint density at radius 2 is 2.54 bits per heavy atom. The molecule has 0 radical (unpaired) electrons. The summed E-state index contributed by atoms with van der Waals surface area (Å²) in [4.78, 5) is 4.43. The van der Waals surface area contributed by atoms with Crippen LogP contribution in [-0.4, -0.2) is 10.4 Å². The average Bonchev–Trinajstić information content (AvgIpc) is 2.62. The fraction of sp³-hybridized carbons (Fsp3) is 0.500. The van der Waals surface area contributed by atoms with Gasteiger partial charge in [-0.25, -0.2) is 4.98 Å². The lowest BCUT2D eigenvalue weighted by Crippen LogP contribution is -1.86. The van der Waals surface area contributed by atoms with Crippen LogP contribution in [0.3, 0.4) is 0 Å². The summed E-state index contributed by atoms with van der Waals surface area (Å²) < 4.78 is 0. The van der Waals surface area contributed by atoms with Crippen LogP contribution in [0, 0.1) is 6.92 Å². The number of alkyl halides is 1. The normalized spacial score (nSPS) is 22.0. The van der Waals surface area contributed by atoms with E-state index >= 15 is 0 Å². The molecule has 1 aliphatic rings. The van der Waals surface area contributed by atoms with E-state index in [1.807, 2.05) is 6.92 Å². The monoisotopic (exact) mass is 213 g/mol. The van der Waals surface area contributed by atoms with Crippen LogP contribution < -0.4 is 0 Å². The average molecular weight is 214 g/mol. The van der Waals surface area contributed by atoms with Crippen LogP contribution in [0.4, 0.5) is 0 Å². The van der Waals surface area contributed by atoms with Gasteiger partial charge in [-0.15, -0.1) is 22.9 Å². The number of rotatable bonds is 2. The van der Waals surface area contributed by atoms with Gasteiger partial charge in [-0.05, 0) is 19.8 Å². The van der Waals surface area contributed by atoms with Gasteiger partial charge in [-0.2, -0.15) is 0 Å². The smallest absolute Gasteiger partial charge is 0.0968 e. The highest BCUT2D eigenvalue weighted by Gasteiger charge is 2.14. The maximum Gasteiger partial charge on any atom is 0.0968 e. The van der Waals surface area contributed by atoms with E-state index in [-0.39, 0.29) is 5.38 Å². The van der Waals surface area contributed by atoms with Crippen molar-refractivity contribution < 1.29 is 0 Å². The predicted molar refractivity (Wildman–Crippen MR) is 57.5 cm³/mol. The molecule has 0 aromatic carbocycles. The molecule has 1 unspecified atom stereocenters. The standard InChI is InChI=1S/C10H12ClNS/c1-7-6-13-10(12-7)5-8-2-3-9(11)4-8/h4,6,9H,2-3,5H2,1H3. The fourth-order valence-corrected chi connectivity index (χ4v) is 2.68. The van der Waals surface area contributed by atoms with Crippen molar-refractivity contribution in [1.29, 1.82) is 0 Å². The van der Waals surface area contributed by atoms with Crippen molar-refractivity contribution >= 4 is 22.9 Å². The maximum absolute atomic E-state index is 5.98. The van der Waals surface area contributed by atoms with Crippen molar-refractivity contribution in [3.8, 4) is 0 Å². The highest BCUT2D eigenvalue weighted by Crippen LogP contribution is 2.26. The second-order valence-corrected chi connectivity index (χ2v) is 4.94. The van der Waals surface area contributed by atoms with Gasteiger partial charge in [0.25, 0.3) is 0 Å². The van der Waals surface area contributed by atoms with Gasteiger partial charge in [0.1, 0.15) is 0 Å². The molecule has 0 saturated heterocycles. The molecule has 1 atom stereocenters. The number of hydrogen-bond acceptors (Lipinski definition) is 2. The van der Waals surface area contributed by atoms with E-state index in [1.165, 1.54) is 10.6 Å². The minimum atomic E-state index is 0.260. The molecular formula is C10H12ClNS. The maximum atomic E-state index is 5.98. The van der Waals surface area contributed by atoms with Crippen LogP contribution in [-0.2, 0) is 6.42 Å². The third kappa shape index (κ3) is 2.32. The molecule has 2 rings (SSSR count). The number of thiazole rings is 1. The number of halogens is 1. The zero-order chi connectivity index (χ0) is 9.26. The van der Waals surface area contributed by atoms with Gasteiger partial charge in [0, 0.05) is 17.5 Å². The molecule has 1 aromatic heterocycles. The summed E-state index contributed by atoms with van der Waals surface area (Å²) in [7, 11) is 0.